The van der Waals surface area contributed by atoms with Crippen LogP contribution in [0.4, 0.5) is 0 Å². The first-order valence-electron chi connectivity index (χ1n) is 5.45. The van der Waals surface area contributed by atoms with Crippen molar-refractivity contribution in [2.45, 2.75) is 5.16 Å². The van der Waals surface area contributed by atoms with E-state index in [1.54, 1.807) is 6.20 Å². The van der Waals surface area contributed by atoms with Crippen molar-refractivity contribution in [3.8, 4) is 11.3 Å². The van der Waals surface area contributed by atoms with Gasteiger partial charge < -0.3 is 4.98 Å². The fourth-order valence-corrected chi connectivity index (χ4v) is 3.48. The van der Waals surface area contributed by atoms with Gasteiger partial charge in [-0.05, 0) is 5.56 Å². The number of hydrogen-bond donors (Lipinski definition) is 1. The Morgan fingerprint density at radius 2 is 2.00 bits per heavy atom. The number of imidazole rings is 1. The number of nitrogens with zero attached hydrogens (tertiary/aromatic N) is 1. The van der Waals surface area contributed by atoms with Gasteiger partial charge in [-0.25, -0.2) is 13.4 Å². The number of nitrogens with one attached hydrogen (secondary N) is 1. The van der Waals surface area contributed by atoms with Crippen LogP contribution >= 0.6 is 11.8 Å². The summed E-state index contributed by atoms with van der Waals surface area (Å²) in [5.74, 6) is 0.680. The number of hydrogen-bond acceptors (Lipinski definition) is 4. The predicted octanol–water partition coefficient (Wildman–Crippen LogP) is 2.21. The molecule has 18 heavy (non-hydrogen) atoms. The Labute approximate surface area is 111 Å². The third-order valence-corrected chi connectivity index (χ3v) is 4.42. The summed E-state index contributed by atoms with van der Waals surface area (Å²) in [6, 6.07) is 9.89. The van der Waals surface area contributed by atoms with Crippen LogP contribution in [0.2, 0.25) is 0 Å². The maximum atomic E-state index is 11.0. The van der Waals surface area contributed by atoms with Crippen LogP contribution in [0.25, 0.3) is 11.3 Å². The van der Waals surface area contributed by atoms with Crippen molar-refractivity contribution in [1.29, 1.82) is 0 Å². The SMILES string of the molecule is CS(=O)(=O)CCSc1ncc(-c2ccccc2)[nH]1. The quantitative estimate of drug-likeness (QED) is 0.854. The molecule has 0 fully saturated rings. The molecule has 4 nitrogen and oxygen atoms in total. The molecule has 0 bridgehead atoms. The molecule has 0 spiro atoms. The Morgan fingerprint density at radius 1 is 1.28 bits per heavy atom. The molecular weight excluding hydrogens is 268 g/mol. The average molecular weight is 282 g/mol. The number of benzene rings is 1. The van der Waals surface area contributed by atoms with E-state index in [4.69, 9.17) is 0 Å². The van der Waals surface area contributed by atoms with Crippen molar-refractivity contribution < 1.29 is 8.42 Å². The monoisotopic (exact) mass is 282 g/mol. The lowest BCUT2D eigenvalue weighted by Crippen LogP contribution is -2.05. The van der Waals surface area contributed by atoms with Gasteiger partial charge in [0.15, 0.2) is 5.16 Å². The van der Waals surface area contributed by atoms with Crippen LogP contribution in [0.5, 0.6) is 0 Å². The Morgan fingerprint density at radius 3 is 2.67 bits per heavy atom. The second kappa shape index (κ2) is 5.58. The third-order valence-electron chi connectivity index (χ3n) is 2.33. The van der Waals surface area contributed by atoms with Gasteiger partial charge in [-0.2, -0.15) is 0 Å². The largest absolute Gasteiger partial charge is 0.333 e. The fourth-order valence-electron chi connectivity index (χ4n) is 1.43. The van der Waals surface area contributed by atoms with E-state index in [0.29, 0.717) is 5.75 Å². The van der Waals surface area contributed by atoms with Crippen LogP contribution < -0.4 is 0 Å². The van der Waals surface area contributed by atoms with Crippen molar-refractivity contribution in [3.63, 3.8) is 0 Å². The third kappa shape index (κ3) is 3.89. The molecule has 0 radical (unpaired) electrons. The number of aromatic nitrogens is 2. The van der Waals surface area contributed by atoms with Crippen LogP contribution in [-0.2, 0) is 9.84 Å². The van der Waals surface area contributed by atoms with Gasteiger partial charge in [0.25, 0.3) is 0 Å². The van der Waals surface area contributed by atoms with Crippen molar-refractivity contribution >= 4 is 21.6 Å². The molecule has 2 aromatic rings. The maximum Gasteiger partial charge on any atom is 0.165 e. The summed E-state index contributed by atoms with van der Waals surface area (Å²) in [7, 11) is -2.90. The number of rotatable bonds is 5. The number of thioether (sulfide) groups is 1. The summed E-state index contributed by atoms with van der Waals surface area (Å²) in [6.45, 7) is 0. The molecule has 0 aliphatic heterocycles. The molecule has 1 aromatic heterocycles. The average Bonchev–Trinajstić information content (AvgIpc) is 2.77. The predicted molar refractivity (Wildman–Crippen MR) is 74.5 cm³/mol. The van der Waals surface area contributed by atoms with Crippen LogP contribution in [0.3, 0.4) is 0 Å². The summed E-state index contributed by atoms with van der Waals surface area (Å²) in [5.41, 5.74) is 2.01. The Bertz CT molecular complexity index is 606. The van der Waals surface area contributed by atoms with Crippen molar-refractivity contribution in [2.75, 3.05) is 17.8 Å². The molecule has 2 rings (SSSR count). The van der Waals surface area contributed by atoms with Crippen LogP contribution in [0.15, 0.2) is 41.7 Å². The molecule has 0 aliphatic rings. The molecule has 6 heteroatoms. The lowest BCUT2D eigenvalue weighted by atomic mass is 10.2. The van der Waals surface area contributed by atoms with Crippen LogP contribution in [0, 0.1) is 0 Å². The second-order valence-electron chi connectivity index (χ2n) is 3.95. The summed E-state index contributed by atoms with van der Waals surface area (Å²) in [6.07, 6.45) is 3.00. The maximum absolute atomic E-state index is 11.0. The first-order chi connectivity index (χ1) is 8.54. The van der Waals surface area contributed by atoms with E-state index in [2.05, 4.69) is 9.97 Å². The Balaban J connectivity index is 1.99. The molecule has 0 aliphatic carbocycles. The van der Waals surface area contributed by atoms with Crippen molar-refractivity contribution in [1.82, 2.24) is 9.97 Å². The minimum atomic E-state index is -2.90. The minimum Gasteiger partial charge on any atom is -0.333 e. The van der Waals surface area contributed by atoms with E-state index in [1.165, 1.54) is 18.0 Å². The summed E-state index contributed by atoms with van der Waals surface area (Å²) in [4.78, 5) is 7.40. The number of H-pyrrole nitrogens is 1. The van der Waals surface area contributed by atoms with Gasteiger partial charge in [0.1, 0.15) is 9.84 Å². The first kappa shape index (κ1) is 13.2. The first-order valence-corrected chi connectivity index (χ1v) is 8.50. The van der Waals surface area contributed by atoms with E-state index >= 15 is 0 Å². The van der Waals surface area contributed by atoms with Crippen LogP contribution in [0.1, 0.15) is 0 Å². The van der Waals surface area contributed by atoms with E-state index in [9.17, 15) is 8.42 Å². The number of aromatic amines is 1. The molecule has 0 saturated carbocycles. The highest BCUT2D eigenvalue weighted by Crippen LogP contribution is 2.21. The summed E-state index contributed by atoms with van der Waals surface area (Å²) < 4.78 is 22.0. The lowest BCUT2D eigenvalue weighted by molar-refractivity contribution is 0.603. The van der Waals surface area contributed by atoms with Gasteiger partial charge in [-0.1, -0.05) is 42.1 Å². The van der Waals surface area contributed by atoms with Gasteiger partial charge in [0, 0.05) is 12.0 Å². The molecule has 1 aromatic carbocycles. The smallest absolute Gasteiger partial charge is 0.165 e. The lowest BCUT2D eigenvalue weighted by Gasteiger charge is -1.97. The molecule has 0 atom stereocenters. The molecule has 0 saturated heterocycles. The zero-order chi connectivity index (χ0) is 13.0. The second-order valence-corrected chi connectivity index (χ2v) is 7.29. The highest BCUT2D eigenvalue weighted by Gasteiger charge is 2.06. The van der Waals surface area contributed by atoms with Gasteiger partial charge >= 0.3 is 0 Å². The Hall–Kier alpha value is -1.27. The Kier molecular flexibility index (Phi) is 4.08. The van der Waals surface area contributed by atoms with Crippen molar-refractivity contribution in [3.05, 3.63) is 36.5 Å². The molecule has 1 N–H and O–H groups in total. The van der Waals surface area contributed by atoms with Crippen LogP contribution in [-0.4, -0.2) is 36.1 Å². The highest BCUT2D eigenvalue weighted by atomic mass is 32.2. The zero-order valence-electron chi connectivity index (χ0n) is 9.96. The van der Waals surface area contributed by atoms with Gasteiger partial charge in [0.05, 0.1) is 17.6 Å². The van der Waals surface area contributed by atoms with E-state index in [-0.39, 0.29) is 5.75 Å². The van der Waals surface area contributed by atoms with E-state index in [1.807, 2.05) is 30.3 Å². The van der Waals surface area contributed by atoms with E-state index in [0.717, 1.165) is 16.4 Å². The fraction of sp³-hybridized carbons (Fsp3) is 0.250. The van der Waals surface area contributed by atoms with Crippen molar-refractivity contribution in [2.24, 2.45) is 0 Å². The standard InChI is InChI=1S/C12H14N2O2S2/c1-18(15,16)8-7-17-12-13-9-11(14-12)10-5-3-2-4-6-10/h2-6,9H,7-8H2,1H3,(H,13,14). The van der Waals surface area contributed by atoms with E-state index < -0.39 is 9.84 Å². The molecule has 1 heterocycles. The summed E-state index contributed by atoms with van der Waals surface area (Å²) >= 11 is 1.42. The highest BCUT2D eigenvalue weighted by molar-refractivity contribution is 8.00. The van der Waals surface area contributed by atoms with Gasteiger partial charge in [-0.3, -0.25) is 0 Å². The van der Waals surface area contributed by atoms with Gasteiger partial charge in [0.2, 0.25) is 0 Å². The topological polar surface area (TPSA) is 62.8 Å². The summed E-state index contributed by atoms with van der Waals surface area (Å²) in [5, 5.41) is 0.748. The zero-order valence-corrected chi connectivity index (χ0v) is 11.6. The minimum absolute atomic E-state index is 0.166. The number of sulfone groups is 1. The molecule has 0 amide bonds. The normalized spacial score (nSPS) is 11.6. The van der Waals surface area contributed by atoms with Gasteiger partial charge in [-0.15, -0.1) is 0 Å². The molecule has 96 valence electrons. The molecule has 0 unspecified atom stereocenters. The molecular formula is C12H14N2O2S2.